The second-order valence-corrected chi connectivity index (χ2v) is 7.76. The zero-order chi connectivity index (χ0) is 13.2. The van der Waals surface area contributed by atoms with E-state index in [2.05, 4.69) is 20.3 Å². The van der Waals surface area contributed by atoms with Gasteiger partial charge in [0.15, 0.2) is 0 Å². The van der Waals surface area contributed by atoms with E-state index < -0.39 is 11.0 Å². The molecule has 0 aliphatic heterocycles. The number of halogens is 1. The highest BCUT2D eigenvalue weighted by molar-refractivity contribution is 9.10. The smallest absolute Gasteiger partial charge is 0.145 e. The van der Waals surface area contributed by atoms with Crippen LogP contribution in [0.3, 0.4) is 0 Å². The first kappa shape index (κ1) is 14.6. The molecule has 4 heteroatoms. The lowest BCUT2D eigenvalue weighted by molar-refractivity contribution is 0.650. The molecule has 0 spiro atoms. The summed E-state index contributed by atoms with van der Waals surface area (Å²) in [5.74, 6) is 0. The zero-order valence-electron chi connectivity index (χ0n) is 10.9. The van der Waals surface area contributed by atoms with Gasteiger partial charge < -0.3 is 0 Å². The van der Waals surface area contributed by atoms with Crippen LogP contribution in [0.25, 0.3) is 0 Å². The third-order valence-electron chi connectivity index (χ3n) is 2.32. The number of hydrogen-bond acceptors (Lipinski definition) is 1. The van der Waals surface area contributed by atoms with Crippen molar-refractivity contribution in [3.8, 4) is 0 Å². The van der Waals surface area contributed by atoms with Crippen LogP contribution in [0.2, 0.25) is 0 Å². The summed E-state index contributed by atoms with van der Waals surface area (Å²) in [6, 6.07) is 6.02. The van der Waals surface area contributed by atoms with Gasteiger partial charge in [-0.05, 0) is 57.9 Å². The molecule has 0 saturated heterocycles. The fourth-order valence-electron chi connectivity index (χ4n) is 1.18. The molecule has 0 bridgehead atoms. The van der Waals surface area contributed by atoms with E-state index in [1.165, 1.54) is 0 Å². The molecule has 0 N–H and O–H groups in total. The lowest BCUT2D eigenvalue weighted by Gasteiger charge is -2.14. The molecule has 0 amide bonds. The molecule has 94 valence electrons. The van der Waals surface area contributed by atoms with Crippen LogP contribution in [0, 0.1) is 6.92 Å². The Morgan fingerprint density at radius 3 is 2.41 bits per heavy atom. The van der Waals surface area contributed by atoms with Gasteiger partial charge in [0, 0.05) is 4.47 Å². The second-order valence-electron chi connectivity index (χ2n) is 5.00. The topological polar surface area (TPSA) is 29.4 Å². The minimum atomic E-state index is -1.20. The maximum absolute atomic E-state index is 11.9. The maximum Gasteiger partial charge on any atom is 0.145 e. The van der Waals surface area contributed by atoms with E-state index in [1.54, 1.807) is 0 Å². The molecule has 0 heterocycles. The van der Waals surface area contributed by atoms with Crippen molar-refractivity contribution in [1.29, 1.82) is 0 Å². The molecule has 1 aromatic rings. The van der Waals surface area contributed by atoms with Crippen molar-refractivity contribution in [2.24, 2.45) is 4.40 Å². The fourth-order valence-corrected chi connectivity index (χ4v) is 2.06. The Morgan fingerprint density at radius 1 is 1.35 bits per heavy atom. The van der Waals surface area contributed by atoms with E-state index in [0.717, 1.165) is 21.3 Å². The van der Waals surface area contributed by atoms with Gasteiger partial charge in [-0.1, -0.05) is 22.0 Å². The lowest BCUT2D eigenvalue weighted by Crippen LogP contribution is -2.20. The van der Waals surface area contributed by atoms with Gasteiger partial charge in [-0.15, -0.1) is 0 Å². The summed E-state index contributed by atoms with van der Waals surface area (Å²) in [6.45, 7) is 9.69. The Hall–Kier alpha value is -0.480. The van der Waals surface area contributed by atoms with Crippen LogP contribution < -0.4 is 0 Å². The van der Waals surface area contributed by atoms with Gasteiger partial charge in [0.05, 0.1) is 10.5 Å². The number of benzene rings is 1. The molecule has 0 fully saturated rings. The Bertz CT molecular complexity index is 475. The van der Waals surface area contributed by atoms with Crippen LogP contribution in [0.15, 0.2) is 27.1 Å². The van der Waals surface area contributed by atoms with Gasteiger partial charge in [-0.2, -0.15) is 4.40 Å². The predicted molar refractivity (Wildman–Crippen MR) is 79.0 cm³/mol. The van der Waals surface area contributed by atoms with Gasteiger partial charge in [0.2, 0.25) is 0 Å². The van der Waals surface area contributed by atoms with Crippen LogP contribution in [0.4, 0.5) is 0 Å². The Morgan fingerprint density at radius 2 is 1.94 bits per heavy atom. The quantitative estimate of drug-likeness (QED) is 0.758. The molecule has 0 aliphatic carbocycles. The van der Waals surface area contributed by atoms with E-state index in [0.29, 0.717) is 0 Å². The average Bonchev–Trinajstić information content (AvgIpc) is 2.20. The largest absolute Gasteiger partial charge is 0.234 e. The number of hydrogen-bond donors (Lipinski definition) is 0. The molecule has 1 unspecified atom stereocenters. The van der Waals surface area contributed by atoms with Crippen molar-refractivity contribution in [2.45, 2.75) is 39.4 Å². The first-order valence-corrected chi connectivity index (χ1v) is 7.35. The van der Waals surface area contributed by atoms with Crippen LogP contribution in [-0.2, 0) is 11.0 Å². The number of rotatable bonds is 2. The predicted octanol–water partition coefficient (Wildman–Crippen LogP) is 4.03. The van der Waals surface area contributed by atoms with E-state index in [4.69, 9.17) is 0 Å². The van der Waals surface area contributed by atoms with E-state index in [1.807, 2.05) is 52.8 Å². The summed E-state index contributed by atoms with van der Waals surface area (Å²) < 4.78 is 16.9. The molecule has 0 aliphatic rings. The molecule has 1 rings (SSSR count). The summed E-state index contributed by atoms with van der Waals surface area (Å²) >= 11 is 3.46. The summed E-state index contributed by atoms with van der Waals surface area (Å²) in [6.07, 6.45) is 0. The van der Waals surface area contributed by atoms with Gasteiger partial charge in [0.1, 0.15) is 11.0 Å². The third kappa shape index (κ3) is 4.03. The van der Waals surface area contributed by atoms with E-state index in [-0.39, 0.29) is 4.75 Å². The maximum atomic E-state index is 11.9. The SMILES string of the molecule is CC(=NS(=O)C(C)(C)C)c1ccc(Br)c(C)c1. The van der Waals surface area contributed by atoms with Crippen LogP contribution >= 0.6 is 15.9 Å². The summed E-state index contributed by atoms with van der Waals surface area (Å²) in [7, 11) is -1.20. The summed E-state index contributed by atoms with van der Waals surface area (Å²) in [4.78, 5) is 0. The number of aryl methyl sites for hydroxylation is 1. The normalized spacial score (nSPS) is 14.8. The van der Waals surface area contributed by atoms with E-state index >= 15 is 0 Å². The molecule has 1 aromatic carbocycles. The molecule has 1 atom stereocenters. The highest BCUT2D eigenvalue weighted by Crippen LogP contribution is 2.19. The molecule has 0 aromatic heterocycles. The summed E-state index contributed by atoms with van der Waals surface area (Å²) in [5, 5.41) is 0. The molecular formula is C13H18BrNOS. The van der Waals surface area contributed by atoms with Crippen molar-refractivity contribution >= 4 is 32.6 Å². The van der Waals surface area contributed by atoms with E-state index in [9.17, 15) is 4.21 Å². The lowest BCUT2D eigenvalue weighted by atomic mass is 10.1. The monoisotopic (exact) mass is 315 g/mol. The number of nitrogens with zero attached hydrogens (tertiary/aromatic N) is 1. The van der Waals surface area contributed by atoms with Crippen LogP contribution in [0.5, 0.6) is 0 Å². The molecule has 17 heavy (non-hydrogen) atoms. The highest BCUT2D eigenvalue weighted by atomic mass is 79.9. The van der Waals surface area contributed by atoms with Crippen molar-refractivity contribution in [3.05, 3.63) is 33.8 Å². The minimum absolute atomic E-state index is 0.314. The molecule has 0 saturated carbocycles. The first-order chi connectivity index (χ1) is 7.71. The van der Waals surface area contributed by atoms with Crippen molar-refractivity contribution < 1.29 is 4.21 Å². The van der Waals surface area contributed by atoms with Gasteiger partial charge in [-0.3, -0.25) is 0 Å². The average molecular weight is 316 g/mol. The van der Waals surface area contributed by atoms with Gasteiger partial charge in [0.25, 0.3) is 0 Å². The van der Waals surface area contributed by atoms with Gasteiger partial charge >= 0.3 is 0 Å². The highest BCUT2D eigenvalue weighted by Gasteiger charge is 2.19. The van der Waals surface area contributed by atoms with Crippen molar-refractivity contribution in [2.75, 3.05) is 0 Å². The first-order valence-electron chi connectivity index (χ1n) is 5.45. The summed E-state index contributed by atoms with van der Waals surface area (Å²) in [5.41, 5.74) is 2.98. The second kappa shape index (κ2) is 5.44. The molecular weight excluding hydrogens is 298 g/mol. The fraction of sp³-hybridized carbons (Fsp3) is 0.462. The molecule has 2 nitrogen and oxygen atoms in total. The van der Waals surface area contributed by atoms with Crippen molar-refractivity contribution in [3.63, 3.8) is 0 Å². The van der Waals surface area contributed by atoms with Crippen LogP contribution in [0.1, 0.15) is 38.8 Å². The van der Waals surface area contributed by atoms with Gasteiger partial charge in [-0.25, -0.2) is 4.21 Å². The van der Waals surface area contributed by atoms with Crippen molar-refractivity contribution in [1.82, 2.24) is 0 Å². The zero-order valence-corrected chi connectivity index (χ0v) is 13.3. The Labute approximate surface area is 114 Å². The van der Waals surface area contributed by atoms with Crippen LogP contribution in [-0.4, -0.2) is 14.7 Å². The molecule has 0 radical (unpaired) electrons. The Balaban J connectivity index is 3.04. The Kier molecular flexibility index (Phi) is 4.67. The third-order valence-corrected chi connectivity index (χ3v) is 4.70. The standard InChI is InChI=1S/C13H18BrNOS/c1-9-8-11(6-7-12(9)14)10(2)15-17(16)13(3,4)5/h6-8H,1-5H3. The minimum Gasteiger partial charge on any atom is -0.234 e.